The Morgan fingerprint density at radius 3 is 2.89 bits per heavy atom. The highest BCUT2D eigenvalue weighted by Crippen LogP contribution is 2.21. The van der Waals surface area contributed by atoms with Crippen LogP contribution in [0.25, 0.3) is 0 Å². The van der Waals surface area contributed by atoms with Gasteiger partial charge in [-0.2, -0.15) is 0 Å². The van der Waals surface area contributed by atoms with Gasteiger partial charge < -0.3 is 21.7 Å². The van der Waals surface area contributed by atoms with Crippen molar-refractivity contribution in [2.24, 2.45) is 11.5 Å². The average molecular weight is 279 g/mol. The lowest BCUT2D eigenvalue weighted by atomic mass is 10.1. The lowest BCUT2D eigenvalue weighted by Crippen LogP contribution is -2.41. The van der Waals surface area contributed by atoms with Crippen LogP contribution in [0, 0.1) is 0 Å². The number of benzene rings is 1. The van der Waals surface area contributed by atoms with Crippen LogP contribution in [0.1, 0.15) is 12.5 Å². The molecule has 5 heteroatoms. The second-order valence-electron chi connectivity index (χ2n) is 4.63. The van der Waals surface area contributed by atoms with Crippen molar-refractivity contribution in [3.05, 3.63) is 58.1 Å². The summed E-state index contributed by atoms with van der Waals surface area (Å²) in [6.45, 7) is 4.26. The highest BCUT2D eigenvalue weighted by molar-refractivity contribution is 6.31. The molecule has 19 heavy (non-hydrogen) atoms. The zero-order valence-electron chi connectivity index (χ0n) is 11.0. The van der Waals surface area contributed by atoms with E-state index in [0.29, 0.717) is 5.82 Å². The fourth-order valence-corrected chi connectivity index (χ4v) is 2.28. The summed E-state index contributed by atoms with van der Waals surface area (Å²) < 4.78 is 0. The quantitative estimate of drug-likeness (QED) is 0.788. The van der Waals surface area contributed by atoms with E-state index in [1.807, 2.05) is 37.3 Å². The first kappa shape index (κ1) is 13.6. The Morgan fingerprint density at radius 1 is 1.47 bits per heavy atom. The predicted molar refractivity (Wildman–Crippen MR) is 79.0 cm³/mol. The SMILES string of the molecule is C/C(N)=C/C1=C(N)NCCN1Cc1ccccc1Cl. The smallest absolute Gasteiger partial charge is 0.120 e. The van der Waals surface area contributed by atoms with Crippen LogP contribution in [-0.4, -0.2) is 18.0 Å². The van der Waals surface area contributed by atoms with E-state index in [2.05, 4.69) is 10.2 Å². The Labute approximate surface area is 118 Å². The van der Waals surface area contributed by atoms with Gasteiger partial charge in [0.1, 0.15) is 5.82 Å². The standard InChI is InChI=1S/C14H19ClN4/c1-10(16)8-13-14(17)18-6-7-19(13)9-11-4-2-3-5-12(11)15/h2-5,8,18H,6-7,9,16-17H2,1H3/b10-8-. The zero-order valence-corrected chi connectivity index (χ0v) is 11.7. The summed E-state index contributed by atoms with van der Waals surface area (Å²) in [7, 11) is 0. The van der Waals surface area contributed by atoms with Crippen LogP contribution in [0.5, 0.6) is 0 Å². The summed E-state index contributed by atoms with van der Waals surface area (Å²) in [5.74, 6) is 0.656. The molecule has 1 aliphatic heterocycles. The molecule has 0 spiro atoms. The van der Waals surface area contributed by atoms with E-state index in [4.69, 9.17) is 23.1 Å². The third kappa shape index (κ3) is 3.35. The van der Waals surface area contributed by atoms with Gasteiger partial charge in [-0.3, -0.25) is 0 Å². The molecule has 0 saturated heterocycles. The number of hydrogen-bond donors (Lipinski definition) is 3. The third-order valence-electron chi connectivity index (χ3n) is 3.00. The number of nitrogens with two attached hydrogens (primary N) is 2. The van der Waals surface area contributed by atoms with E-state index in [-0.39, 0.29) is 0 Å². The predicted octanol–water partition coefficient (Wildman–Crippen LogP) is 1.74. The maximum Gasteiger partial charge on any atom is 0.120 e. The Hall–Kier alpha value is -1.81. The Morgan fingerprint density at radius 2 is 2.21 bits per heavy atom. The number of hydrogen-bond acceptors (Lipinski definition) is 4. The fourth-order valence-electron chi connectivity index (χ4n) is 2.09. The minimum absolute atomic E-state index is 0.656. The normalized spacial score (nSPS) is 16.5. The van der Waals surface area contributed by atoms with Crippen molar-refractivity contribution in [3.63, 3.8) is 0 Å². The molecule has 1 aliphatic rings. The summed E-state index contributed by atoms with van der Waals surface area (Å²) in [6.07, 6.45) is 1.89. The maximum atomic E-state index is 6.20. The molecule has 0 radical (unpaired) electrons. The number of nitrogens with zero attached hydrogens (tertiary/aromatic N) is 1. The highest BCUT2D eigenvalue weighted by Gasteiger charge is 2.17. The van der Waals surface area contributed by atoms with Gasteiger partial charge in [-0.1, -0.05) is 29.8 Å². The van der Waals surface area contributed by atoms with Crippen molar-refractivity contribution in [2.45, 2.75) is 13.5 Å². The van der Waals surface area contributed by atoms with Gasteiger partial charge in [-0.25, -0.2) is 0 Å². The van der Waals surface area contributed by atoms with Crippen molar-refractivity contribution in [1.82, 2.24) is 10.2 Å². The molecular weight excluding hydrogens is 260 g/mol. The molecule has 0 amide bonds. The summed E-state index contributed by atoms with van der Waals surface area (Å²) in [6, 6.07) is 7.84. The molecule has 0 bridgehead atoms. The van der Waals surface area contributed by atoms with Crippen molar-refractivity contribution < 1.29 is 0 Å². The first-order chi connectivity index (χ1) is 9.08. The molecule has 0 saturated carbocycles. The molecular formula is C14H19ClN4. The van der Waals surface area contributed by atoms with Gasteiger partial charge in [0.15, 0.2) is 0 Å². The number of allylic oxidation sites excluding steroid dienone is 2. The second kappa shape index (κ2) is 5.89. The fraction of sp³-hybridized carbons (Fsp3) is 0.286. The van der Waals surface area contributed by atoms with Gasteiger partial charge in [-0.05, 0) is 24.6 Å². The lowest BCUT2D eigenvalue weighted by molar-refractivity contribution is 0.320. The molecule has 0 atom stereocenters. The molecule has 0 aromatic heterocycles. The van der Waals surface area contributed by atoms with Crippen LogP contribution in [0.15, 0.2) is 47.6 Å². The molecule has 4 nitrogen and oxygen atoms in total. The summed E-state index contributed by atoms with van der Waals surface area (Å²) in [4.78, 5) is 2.18. The number of halogens is 1. The summed E-state index contributed by atoms with van der Waals surface area (Å²) in [5, 5.41) is 3.92. The van der Waals surface area contributed by atoms with Crippen LogP contribution < -0.4 is 16.8 Å². The molecule has 2 rings (SSSR count). The molecule has 0 aliphatic carbocycles. The molecule has 0 fully saturated rings. The van der Waals surface area contributed by atoms with Crippen molar-refractivity contribution in [2.75, 3.05) is 13.1 Å². The number of nitrogens with one attached hydrogen (secondary N) is 1. The van der Waals surface area contributed by atoms with E-state index in [9.17, 15) is 0 Å². The Kier molecular flexibility index (Phi) is 4.22. The van der Waals surface area contributed by atoms with Gasteiger partial charge in [0.2, 0.25) is 0 Å². The highest BCUT2D eigenvalue weighted by atomic mass is 35.5. The second-order valence-corrected chi connectivity index (χ2v) is 5.03. The van der Waals surface area contributed by atoms with E-state index in [1.54, 1.807) is 0 Å². The number of rotatable bonds is 3. The van der Waals surface area contributed by atoms with Crippen molar-refractivity contribution in [3.8, 4) is 0 Å². The molecule has 0 unspecified atom stereocenters. The third-order valence-corrected chi connectivity index (χ3v) is 3.37. The lowest BCUT2D eigenvalue weighted by Gasteiger charge is -2.32. The van der Waals surface area contributed by atoms with Crippen LogP contribution in [0.2, 0.25) is 5.02 Å². The molecule has 1 aromatic rings. The average Bonchev–Trinajstić information content (AvgIpc) is 2.36. The van der Waals surface area contributed by atoms with Crippen LogP contribution in [0.3, 0.4) is 0 Å². The van der Waals surface area contributed by atoms with Crippen LogP contribution in [-0.2, 0) is 6.54 Å². The van der Waals surface area contributed by atoms with Crippen molar-refractivity contribution >= 4 is 11.6 Å². The summed E-state index contributed by atoms with van der Waals surface area (Å²) in [5.41, 5.74) is 14.5. The van der Waals surface area contributed by atoms with E-state index >= 15 is 0 Å². The van der Waals surface area contributed by atoms with E-state index < -0.39 is 0 Å². The zero-order chi connectivity index (χ0) is 13.8. The van der Waals surface area contributed by atoms with Crippen LogP contribution in [0.4, 0.5) is 0 Å². The molecule has 102 valence electrons. The van der Waals surface area contributed by atoms with Gasteiger partial charge >= 0.3 is 0 Å². The first-order valence-corrected chi connectivity index (χ1v) is 6.61. The molecule has 1 aromatic carbocycles. The molecule has 1 heterocycles. The van der Waals surface area contributed by atoms with Crippen molar-refractivity contribution in [1.29, 1.82) is 0 Å². The van der Waals surface area contributed by atoms with Gasteiger partial charge in [0.05, 0.1) is 5.70 Å². The van der Waals surface area contributed by atoms with E-state index in [1.165, 1.54) is 0 Å². The van der Waals surface area contributed by atoms with E-state index in [0.717, 1.165) is 41.6 Å². The van der Waals surface area contributed by atoms with Gasteiger partial charge in [0, 0.05) is 30.4 Å². The van der Waals surface area contributed by atoms with Gasteiger partial charge in [-0.15, -0.1) is 0 Å². The molecule has 5 N–H and O–H groups in total. The topological polar surface area (TPSA) is 67.3 Å². The summed E-state index contributed by atoms with van der Waals surface area (Å²) >= 11 is 6.20. The largest absolute Gasteiger partial charge is 0.402 e. The Balaban J connectivity index is 2.26. The minimum atomic E-state index is 0.656. The maximum absolute atomic E-state index is 6.20. The minimum Gasteiger partial charge on any atom is -0.402 e. The first-order valence-electron chi connectivity index (χ1n) is 6.23. The van der Waals surface area contributed by atoms with Gasteiger partial charge in [0.25, 0.3) is 0 Å². The van der Waals surface area contributed by atoms with Crippen LogP contribution >= 0.6 is 11.6 Å². The Bertz CT molecular complexity index is 518. The monoisotopic (exact) mass is 278 g/mol.